The summed E-state index contributed by atoms with van der Waals surface area (Å²) in [5, 5.41) is 5.21. The van der Waals surface area contributed by atoms with Crippen LogP contribution < -0.4 is 10.6 Å². The fraction of sp³-hybridized carbons (Fsp3) is 0.786. The zero-order valence-corrected chi connectivity index (χ0v) is 15.9. The molecular formula is C14H26N2O5S2. The van der Waals surface area contributed by atoms with Gasteiger partial charge in [0.2, 0.25) is 5.91 Å². The minimum absolute atomic E-state index is 0.00502. The smallest absolute Gasteiger partial charge is 0.408 e. The van der Waals surface area contributed by atoms with Gasteiger partial charge >= 0.3 is 6.09 Å². The normalized spacial score (nSPS) is 12.4. The van der Waals surface area contributed by atoms with Crippen molar-refractivity contribution >= 4 is 40.9 Å². The summed E-state index contributed by atoms with van der Waals surface area (Å²) in [7, 11) is 0. The lowest BCUT2D eigenvalue weighted by atomic mass is 10.2. The zero-order chi connectivity index (χ0) is 17.9. The molecule has 0 aromatic heterocycles. The largest absolute Gasteiger partial charge is 0.444 e. The number of carbonyl (C=O) groups excluding carboxylic acids is 3. The van der Waals surface area contributed by atoms with Crippen molar-refractivity contribution in [3.8, 4) is 0 Å². The Balaban J connectivity index is 4.44. The Bertz CT molecular complexity index is 399. The number of alkyl carbamates (subject to hydrolysis) is 1. The van der Waals surface area contributed by atoms with Gasteiger partial charge in [-0.25, -0.2) is 4.79 Å². The fourth-order valence-electron chi connectivity index (χ4n) is 1.32. The summed E-state index contributed by atoms with van der Waals surface area (Å²) in [6.45, 7) is 9.39. The summed E-state index contributed by atoms with van der Waals surface area (Å²) in [6.07, 6.45) is -0.659. The van der Waals surface area contributed by atoms with Crippen molar-refractivity contribution in [1.29, 1.82) is 0 Å². The lowest BCUT2D eigenvalue weighted by Gasteiger charge is -2.23. The van der Waals surface area contributed by atoms with Crippen LogP contribution in [0.1, 0.15) is 34.6 Å². The van der Waals surface area contributed by atoms with E-state index >= 15 is 0 Å². The SMILES string of the molecule is CCOSC[C@H](NC(=O)OC(C)(C)C)C(=O)NCCSC(C)=O. The number of carbonyl (C=O) groups is 3. The highest BCUT2D eigenvalue weighted by molar-refractivity contribution is 8.13. The van der Waals surface area contributed by atoms with Crippen molar-refractivity contribution in [2.45, 2.75) is 46.3 Å². The third-order valence-electron chi connectivity index (χ3n) is 2.15. The Morgan fingerprint density at radius 3 is 2.39 bits per heavy atom. The summed E-state index contributed by atoms with van der Waals surface area (Å²) in [5.41, 5.74) is -0.643. The van der Waals surface area contributed by atoms with E-state index in [0.29, 0.717) is 18.9 Å². The highest BCUT2D eigenvalue weighted by atomic mass is 32.2. The summed E-state index contributed by atoms with van der Waals surface area (Å²) >= 11 is 2.24. The number of thioether (sulfide) groups is 1. The van der Waals surface area contributed by atoms with Gasteiger partial charge in [-0.1, -0.05) is 11.8 Å². The molecule has 0 aliphatic carbocycles. The van der Waals surface area contributed by atoms with Gasteiger partial charge in [0, 0.05) is 25.0 Å². The van der Waals surface area contributed by atoms with Gasteiger partial charge in [-0.05, 0) is 39.7 Å². The van der Waals surface area contributed by atoms with Crippen LogP contribution in [-0.2, 0) is 18.5 Å². The molecule has 0 rings (SSSR count). The molecule has 0 saturated heterocycles. The van der Waals surface area contributed by atoms with Crippen LogP contribution in [0.4, 0.5) is 4.79 Å². The van der Waals surface area contributed by atoms with Gasteiger partial charge in [0.15, 0.2) is 5.12 Å². The Hall–Kier alpha value is -0.930. The van der Waals surface area contributed by atoms with E-state index in [1.165, 1.54) is 6.92 Å². The molecule has 9 heteroatoms. The monoisotopic (exact) mass is 366 g/mol. The maximum atomic E-state index is 12.1. The standard InChI is InChI=1S/C14H26N2O5S2/c1-6-20-23-9-11(16-13(19)21-14(3,4)5)12(18)15-7-8-22-10(2)17/h11H,6-9H2,1-5H3,(H,15,18)(H,16,19)/t11-/m0/s1. The maximum absolute atomic E-state index is 12.1. The first-order valence-corrected chi connectivity index (χ1v) is 9.20. The van der Waals surface area contributed by atoms with Crippen molar-refractivity contribution in [2.75, 3.05) is 24.7 Å². The summed E-state index contributed by atoms with van der Waals surface area (Å²) in [5.74, 6) is 0.407. The Kier molecular flexibility index (Phi) is 11.1. The Morgan fingerprint density at radius 1 is 1.22 bits per heavy atom. The lowest BCUT2D eigenvalue weighted by molar-refractivity contribution is -0.122. The van der Waals surface area contributed by atoms with Gasteiger partial charge in [-0.2, -0.15) is 0 Å². The number of rotatable bonds is 9. The predicted molar refractivity (Wildman–Crippen MR) is 93.4 cm³/mol. The first-order valence-electron chi connectivity index (χ1n) is 7.30. The molecule has 0 bridgehead atoms. The number of amides is 2. The van der Waals surface area contributed by atoms with Crippen LogP contribution in [0.25, 0.3) is 0 Å². The first-order chi connectivity index (χ1) is 10.7. The average molecular weight is 367 g/mol. The van der Waals surface area contributed by atoms with E-state index in [-0.39, 0.29) is 16.8 Å². The second-order valence-corrected chi connectivity index (χ2v) is 7.60. The fourth-order valence-corrected chi connectivity index (χ4v) is 2.45. The van der Waals surface area contributed by atoms with E-state index < -0.39 is 17.7 Å². The highest BCUT2D eigenvalue weighted by Gasteiger charge is 2.24. The first kappa shape index (κ1) is 22.1. The van der Waals surface area contributed by atoms with Gasteiger partial charge in [-0.15, -0.1) is 0 Å². The van der Waals surface area contributed by atoms with Crippen LogP contribution in [0.2, 0.25) is 0 Å². The molecule has 0 radical (unpaired) electrons. The molecule has 0 fully saturated rings. The molecule has 0 aliphatic heterocycles. The predicted octanol–water partition coefficient (Wildman–Crippen LogP) is 1.96. The van der Waals surface area contributed by atoms with Crippen LogP contribution in [-0.4, -0.2) is 53.4 Å². The Morgan fingerprint density at radius 2 is 1.87 bits per heavy atom. The number of ether oxygens (including phenoxy) is 1. The minimum Gasteiger partial charge on any atom is -0.444 e. The molecule has 0 unspecified atom stereocenters. The zero-order valence-electron chi connectivity index (χ0n) is 14.3. The molecule has 0 heterocycles. The van der Waals surface area contributed by atoms with Crippen LogP contribution in [0, 0.1) is 0 Å². The third kappa shape index (κ3) is 13.2. The minimum atomic E-state index is -0.774. The molecular weight excluding hydrogens is 340 g/mol. The van der Waals surface area contributed by atoms with E-state index in [0.717, 1.165) is 23.8 Å². The van der Waals surface area contributed by atoms with Gasteiger partial charge in [-0.3, -0.25) is 9.59 Å². The van der Waals surface area contributed by atoms with Crippen LogP contribution in [0.15, 0.2) is 0 Å². The third-order valence-corrected chi connectivity index (χ3v) is 3.84. The molecule has 23 heavy (non-hydrogen) atoms. The van der Waals surface area contributed by atoms with Gasteiger partial charge in [0.25, 0.3) is 0 Å². The number of nitrogens with one attached hydrogen (secondary N) is 2. The van der Waals surface area contributed by atoms with E-state index in [4.69, 9.17) is 8.92 Å². The molecule has 1 atom stereocenters. The number of hydrogen-bond acceptors (Lipinski definition) is 7. The van der Waals surface area contributed by atoms with Crippen molar-refractivity contribution in [1.82, 2.24) is 10.6 Å². The molecule has 0 spiro atoms. The van der Waals surface area contributed by atoms with Crippen molar-refractivity contribution in [3.63, 3.8) is 0 Å². The molecule has 0 aromatic rings. The van der Waals surface area contributed by atoms with Gasteiger partial charge in [0.1, 0.15) is 11.6 Å². The lowest BCUT2D eigenvalue weighted by Crippen LogP contribution is -2.50. The quantitative estimate of drug-likeness (QED) is 0.476. The van der Waals surface area contributed by atoms with Crippen LogP contribution in [0.3, 0.4) is 0 Å². The summed E-state index contributed by atoms with van der Waals surface area (Å²) in [6, 6.07) is -0.774. The van der Waals surface area contributed by atoms with E-state index in [1.54, 1.807) is 20.8 Å². The molecule has 2 amide bonds. The number of hydrogen-bond donors (Lipinski definition) is 2. The summed E-state index contributed by atoms with van der Waals surface area (Å²) in [4.78, 5) is 34.8. The molecule has 0 aliphatic rings. The maximum Gasteiger partial charge on any atom is 0.408 e. The molecule has 0 saturated carbocycles. The highest BCUT2D eigenvalue weighted by Crippen LogP contribution is 2.09. The molecule has 134 valence electrons. The second kappa shape index (κ2) is 11.6. The van der Waals surface area contributed by atoms with Crippen LogP contribution in [0.5, 0.6) is 0 Å². The second-order valence-electron chi connectivity index (χ2n) is 5.52. The van der Waals surface area contributed by atoms with Crippen molar-refractivity contribution in [3.05, 3.63) is 0 Å². The average Bonchev–Trinajstić information content (AvgIpc) is 2.40. The van der Waals surface area contributed by atoms with E-state index in [2.05, 4.69) is 10.6 Å². The van der Waals surface area contributed by atoms with Crippen molar-refractivity contribution in [2.24, 2.45) is 0 Å². The van der Waals surface area contributed by atoms with Crippen LogP contribution >= 0.6 is 23.8 Å². The Labute approximate surface area is 146 Å². The van der Waals surface area contributed by atoms with E-state index in [9.17, 15) is 14.4 Å². The summed E-state index contributed by atoms with van der Waals surface area (Å²) < 4.78 is 10.3. The van der Waals surface area contributed by atoms with E-state index in [1.807, 2.05) is 6.92 Å². The molecule has 7 nitrogen and oxygen atoms in total. The van der Waals surface area contributed by atoms with Crippen molar-refractivity contribution < 1.29 is 23.3 Å². The topological polar surface area (TPSA) is 93.7 Å². The molecule has 0 aromatic carbocycles. The molecule has 2 N–H and O–H groups in total. The van der Waals surface area contributed by atoms with Gasteiger partial charge < -0.3 is 19.6 Å². The van der Waals surface area contributed by atoms with Gasteiger partial charge in [0.05, 0.1) is 6.61 Å².